The van der Waals surface area contributed by atoms with E-state index in [0.29, 0.717) is 13.0 Å². The molecule has 2 aromatic rings. The van der Waals surface area contributed by atoms with Gasteiger partial charge in [-0.05, 0) is 12.0 Å². The van der Waals surface area contributed by atoms with Crippen molar-refractivity contribution in [3.63, 3.8) is 0 Å². The molecule has 1 aromatic heterocycles. The van der Waals surface area contributed by atoms with Crippen molar-refractivity contribution in [1.82, 2.24) is 14.3 Å². The zero-order valence-corrected chi connectivity index (χ0v) is 13.0. The summed E-state index contributed by atoms with van der Waals surface area (Å²) in [6.07, 6.45) is 6.74. The average Bonchev–Trinajstić information content (AvgIpc) is 2.98. The van der Waals surface area contributed by atoms with Gasteiger partial charge in [0.15, 0.2) is 0 Å². The number of rotatable bonds is 8. The fourth-order valence-corrected chi connectivity index (χ4v) is 3.54. The zero-order valence-electron chi connectivity index (χ0n) is 12.1. The number of benzene rings is 1. The van der Waals surface area contributed by atoms with Crippen molar-refractivity contribution in [3.05, 3.63) is 54.6 Å². The summed E-state index contributed by atoms with van der Waals surface area (Å²) in [5.74, 6) is 0.163. The minimum Gasteiger partial charge on any atom is -0.336 e. The van der Waals surface area contributed by atoms with Crippen molar-refractivity contribution in [1.29, 1.82) is 0 Å². The lowest BCUT2D eigenvalue weighted by Crippen LogP contribution is -2.33. The van der Waals surface area contributed by atoms with Crippen LogP contribution < -0.4 is 4.72 Å². The summed E-state index contributed by atoms with van der Waals surface area (Å²) in [7, 11) is -3.28. The summed E-state index contributed by atoms with van der Waals surface area (Å²) in [4.78, 5) is 4.00. The quantitative estimate of drug-likeness (QED) is 0.814. The van der Waals surface area contributed by atoms with Gasteiger partial charge in [0.1, 0.15) is 0 Å². The van der Waals surface area contributed by atoms with Crippen LogP contribution in [0.2, 0.25) is 0 Å². The predicted molar refractivity (Wildman–Crippen MR) is 83.2 cm³/mol. The molecule has 1 N–H and O–H groups in total. The minimum atomic E-state index is -3.28. The Morgan fingerprint density at radius 1 is 1.29 bits per heavy atom. The first-order chi connectivity index (χ1) is 10.1. The molecule has 21 heavy (non-hydrogen) atoms. The second kappa shape index (κ2) is 7.38. The largest absolute Gasteiger partial charge is 0.336 e. The van der Waals surface area contributed by atoms with Gasteiger partial charge in [-0.2, -0.15) is 0 Å². The van der Waals surface area contributed by atoms with Gasteiger partial charge in [-0.25, -0.2) is 18.1 Å². The summed E-state index contributed by atoms with van der Waals surface area (Å²) < 4.78 is 29.0. The fraction of sp³-hybridized carbons (Fsp3) is 0.400. The van der Waals surface area contributed by atoms with Crippen LogP contribution in [0.1, 0.15) is 31.4 Å². The van der Waals surface area contributed by atoms with E-state index in [-0.39, 0.29) is 11.8 Å². The van der Waals surface area contributed by atoms with E-state index in [4.69, 9.17) is 0 Å². The van der Waals surface area contributed by atoms with Crippen molar-refractivity contribution >= 4 is 10.0 Å². The molecular formula is C15H21N3O2S. The van der Waals surface area contributed by atoms with Gasteiger partial charge in [0.2, 0.25) is 10.0 Å². The Labute approximate surface area is 126 Å². The SMILES string of the molecule is CCCCS(=O)(=O)NC(Cn1ccnc1)c1ccccc1. The summed E-state index contributed by atoms with van der Waals surface area (Å²) in [5.41, 5.74) is 0.950. The number of hydrogen-bond donors (Lipinski definition) is 1. The number of aromatic nitrogens is 2. The predicted octanol–water partition coefficient (Wildman–Crippen LogP) is 2.34. The molecule has 0 fully saturated rings. The van der Waals surface area contributed by atoms with E-state index in [1.165, 1.54) is 0 Å². The van der Waals surface area contributed by atoms with E-state index in [0.717, 1.165) is 12.0 Å². The van der Waals surface area contributed by atoms with Gasteiger partial charge in [0, 0.05) is 18.9 Å². The maximum Gasteiger partial charge on any atom is 0.212 e. The number of imidazole rings is 1. The molecule has 0 aliphatic heterocycles. The smallest absolute Gasteiger partial charge is 0.212 e. The second-order valence-corrected chi connectivity index (χ2v) is 6.89. The molecule has 0 amide bonds. The van der Waals surface area contributed by atoms with Crippen LogP contribution in [0.3, 0.4) is 0 Å². The normalized spacial score (nSPS) is 13.2. The molecule has 0 bridgehead atoms. The number of nitrogens with one attached hydrogen (secondary N) is 1. The fourth-order valence-electron chi connectivity index (χ4n) is 2.11. The van der Waals surface area contributed by atoms with Gasteiger partial charge in [0.25, 0.3) is 0 Å². The molecule has 0 radical (unpaired) electrons. The molecule has 2 rings (SSSR count). The third kappa shape index (κ3) is 4.99. The summed E-state index contributed by atoms with van der Waals surface area (Å²) in [5, 5.41) is 0. The Bertz CT molecular complexity index is 624. The van der Waals surface area contributed by atoms with Crippen LogP contribution >= 0.6 is 0 Å². The van der Waals surface area contributed by atoms with Crippen molar-refractivity contribution < 1.29 is 8.42 Å². The molecule has 0 aliphatic carbocycles. The summed E-state index contributed by atoms with van der Waals surface area (Å²) >= 11 is 0. The van der Waals surface area contributed by atoms with Gasteiger partial charge >= 0.3 is 0 Å². The number of sulfonamides is 1. The van der Waals surface area contributed by atoms with E-state index in [1.54, 1.807) is 12.5 Å². The van der Waals surface area contributed by atoms with E-state index in [1.807, 2.05) is 48.0 Å². The Kier molecular flexibility index (Phi) is 5.52. The summed E-state index contributed by atoms with van der Waals surface area (Å²) in [6.45, 7) is 2.51. The van der Waals surface area contributed by atoms with Crippen LogP contribution in [-0.2, 0) is 16.6 Å². The highest BCUT2D eigenvalue weighted by Crippen LogP contribution is 2.16. The molecule has 1 atom stereocenters. The first kappa shape index (κ1) is 15.7. The van der Waals surface area contributed by atoms with Crippen molar-refractivity contribution in [2.75, 3.05) is 5.75 Å². The third-order valence-corrected chi connectivity index (χ3v) is 4.71. The highest BCUT2D eigenvalue weighted by atomic mass is 32.2. The lowest BCUT2D eigenvalue weighted by atomic mass is 10.1. The Balaban J connectivity index is 2.16. The summed E-state index contributed by atoms with van der Waals surface area (Å²) in [6, 6.07) is 9.33. The Morgan fingerprint density at radius 3 is 2.67 bits per heavy atom. The van der Waals surface area contributed by atoms with Crippen LogP contribution in [0.25, 0.3) is 0 Å². The van der Waals surface area contributed by atoms with Crippen molar-refractivity contribution in [2.24, 2.45) is 0 Å². The molecule has 0 aliphatic rings. The zero-order chi connectivity index (χ0) is 15.1. The van der Waals surface area contributed by atoms with Crippen LogP contribution in [-0.4, -0.2) is 23.7 Å². The highest BCUT2D eigenvalue weighted by molar-refractivity contribution is 7.89. The van der Waals surface area contributed by atoms with Gasteiger partial charge in [-0.15, -0.1) is 0 Å². The Hall–Kier alpha value is -1.66. The van der Waals surface area contributed by atoms with Gasteiger partial charge in [-0.3, -0.25) is 0 Å². The van der Waals surface area contributed by atoms with Crippen molar-refractivity contribution in [3.8, 4) is 0 Å². The minimum absolute atomic E-state index is 0.163. The van der Waals surface area contributed by atoms with Gasteiger partial charge < -0.3 is 4.57 Å². The van der Waals surface area contributed by atoms with Crippen LogP contribution in [0.15, 0.2) is 49.1 Å². The lowest BCUT2D eigenvalue weighted by Gasteiger charge is -2.19. The van der Waals surface area contributed by atoms with E-state index >= 15 is 0 Å². The molecule has 5 nitrogen and oxygen atoms in total. The average molecular weight is 307 g/mol. The molecular weight excluding hydrogens is 286 g/mol. The van der Waals surface area contributed by atoms with Gasteiger partial charge in [0.05, 0.1) is 18.1 Å². The number of hydrogen-bond acceptors (Lipinski definition) is 3. The maximum absolute atomic E-state index is 12.2. The topological polar surface area (TPSA) is 64.0 Å². The molecule has 0 saturated heterocycles. The number of nitrogens with zero attached hydrogens (tertiary/aromatic N) is 2. The van der Waals surface area contributed by atoms with Crippen LogP contribution in [0, 0.1) is 0 Å². The molecule has 0 spiro atoms. The Morgan fingerprint density at radius 2 is 2.05 bits per heavy atom. The third-order valence-electron chi connectivity index (χ3n) is 3.24. The molecule has 0 saturated carbocycles. The van der Waals surface area contributed by atoms with E-state index in [9.17, 15) is 8.42 Å². The molecule has 6 heteroatoms. The maximum atomic E-state index is 12.2. The van der Waals surface area contributed by atoms with Crippen molar-refractivity contribution in [2.45, 2.75) is 32.4 Å². The first-order valence-corrected chi connectivity index (χ1v) is 8.76. The molecule has 1 heterocycles. The standard InChI is InChI=1S/C15H21N3O2S/c1-2-3-11-21(19,20)17-15(12-18-10-9-16-13-18)14-7-5-4-6-8-14/h4-10,13,15,17H,2-3,11-12H2,1H3. The monoisotopic (exact) mass is 307 g/mol. The highest BCUT2D eigenvalue weighted by Gasteiger charge is 2.19. The molecule has 1 unspecified atom stereocenters. The van der Waals surface area contributed by atoms with E-state index < -0.39 is 10.0 Å². The molecule has 114 valence electrons. The van der Waals surface area contributed by atoms with Gasteiger partial charge in [-0.1, -0.05) is 43.7 Å². The van der Waals surface area contributed by atoms with Crippen LogP contribution in [0.5, 0.6) is 0 Å². The second-order valence-electron chi connectivity index (χ2n) is 5.01. The lowest BCUT2D eigenvalue weighted by molar-refractivity contribution is 0.509. The first-order valence-electron chi connectivity index (χ1n) is 7.11. The van der Waals surface area contributed by atoms with E-state index in [2.05, 4.69) is 9.71 Å². The van der Waals surface area contributed by atoms with Crippen LogP contribution in [0.4, 0.5) is 0 Å². The molecule has 1 aromatic carbocycles. The number of unbranched alkanes of at least 4 members (excludes halogenated alkanes) is 1.